The Morgan fingerprint density at radius 1 is 1.36 bits per heavy atom. The highest BCUT2D eigenvalue weighted by Gasteiger charge is 2.27. The molecule has 0 amide bonds. The van der Waals surface area contributed by atoms with Gasteiger partial charge in [-0.05, 0) is 52.3 Å². The van der Waals surface area contributed by atoms with Crippen LogP contribution in [0.2, 0.25) is 5.02 Å². The van der Waals surface area contributed by atoms with Gasteiger partial charge >= 0.3 is 0 Å². The highest BCUT2D eigenvalue weighted by Crippen LogP contribution is 2.25. The van der Waals surface area contributed by atoms with Gasteiger partial charge in [0.2, 0.25) is 0 Å². The van der Waals surface area contributed by atoms with Crippen LogP contribution in [0.5, 0.6) is 0 Å². The maximum absolute atomic E-state index is 12.8. The van der Waals surface area contributed by atoms with Crippen molar-refractivity contribution in [1.82, 2.24) is 14.7 Å². The van der Waals surface area contributed by atoms with Crippen LogP contribution in [0.3, 0.4) is 0 Å². The first-order valence-corrected chi connectivity index (χ1v) is 9.42. The van der Waals surface area contributed by atoms with E-state index in [-0.39, 0.29) is 11.7 Å². The standard InChI is InChI=1S/C20H26ClN3O/c1-4-24-15(3)19(14(2)22-24)13-23-10-6-8-17(12-23)20(25)16-7-5-9-18(21)11-16/h5,7,9,11,17H,4,6,8,10,12-13H2,1-3H3/t17-/m1/s1. The molecule has 1 aromatic heterocycles. The average molecular weight is 360 g/mol. The van der Waals surface area contributed by atoms with Crippen LogP contribution in [-0.4, -0.2) is 33.6 Å². The monoisotopic (exact) mass is 359 g/mol. The number of benzene rings is 1. The summed E-state index contributed by atoms with van der Waals surface area (Å²) in [5.41, 5.74) is 4.37. The fraction of sp³-hybridized carbons (Fsp3) is 0.500. The Morgan fingerprint density at radius 2 is 2.16 bits per heavy atom. The number of nitrogens with zero attached hydrogens (tertiary/aromatic N) is 3. The number of carbonyl (C=O) groups is 1. The maximum atomic E-state index is 12.8. The molecule has 1 atom stereocenters. The molecule has 1 aliphatic rings. The molecule has 0 spiro atoms. The lowest BCUT2D eigenvalue weighted by Crippen LogP contribution is -2.38. The number of aromatic nitrogens is 2. The molecule has 25 heavy (non-hydrogen) atoms. The third-order valence-electron chi connectivity index (χ3n) is 5.20. The minimum Gasteiger partial charge on any atom is -0.298 e. The van der Waals surface area contributed by atoms with Crippen molar-refractivity contribution in [1.29, 1.82) is 0 Å². The highest BCUT2D eigenvalue weighted by molar-refractivity contribution is 6.31. The molecule has 4 nitrogen and oxygen atoms in total. The van der Waals surface area contributed by atoms with Crippen LogP contribution >= 0.6 is 11.6 Å². The molecule has 1 aliphatic heterocycles. The number of piperidine rings is 1. The molecule has 0 bridgehead atoms. The van der Waals surface area contributed by atoms with Gasteiger partial charge in [0.15, 0.2) is 5.78 Å². The summed E-state index contributed by atoms with van der Waals surface area (Å²) < 4.78 is 2.06. The van der Waals surface area contributed by atoms with Gasteiger partial charge < -0.3 is 0 Å². The van der Waals surface area contributed by atoms with Crippen molar-refractivity contribution in [3.8, 4) is 0 Å². The molecule has 0 unspecified atom stereocenters. The van der Waals surface area contributed by atoms with Gasteiger partial charge in [0.05, 0.1) is 5.69 Å². The molecule has 0 N–H and O–H groups in total. The molecule has 134 valence electrons. The number of rotatable bonds is 5. The predicted octanol–water partition coefficient (Wildman–Crippen LogP) is 4.27. The summed E-state index contributed by atoms with van der Waals surface area (Å²) in [6.45, 7) is 9.94. The number of Topliss-reactive ketones (excluding diaryl/α,β-unsaturated/α-hetero) is 1. The molecule has 2 aromatic rings. The molecule has 5 heteroatoms. The second kappa shape index (κ2) is 7.71. The Kier molecular flexibility index (Phi) is 5.60. The lowest BCUT2D eigenvalue weighted by molar-refractivity contribution is 0.0811. The van der Waals surface area contributed by atoms with Crippen LogP contribution < -0.4 is 0 Å². The molecule has 1 fully saturated rings. The molecular weight excluding hydrogens is 334 g/mol. The third kappa shape index (κ3) is 3.96. The summed E-state index contributed by atoms with van der Waals surface area (Å²) in [6, 6.07) is 7.31. The van der Waals surface area contributed by atoms with Crippen molar-refractivity contribution in [2.75, 3.05) is 13.1 Å². The van der Waals surface area contributed by atoms with Crippen LogP contribution in [-0.2, 0) is 13.1 Å². The second-order valence-corrected chi connectivity index (χ2v) is 7.35. The van der Waals surface area contributed by atoms with Gasteiger partial charge in [0.25, 0.3) is 0 Å². The quantitative estimate of drug-likeness (QED) is 0.748. The molecule has 0 aliphatic carbocycles. The number of halogens is 1. The summed E-state index contributed by atoms with van der Waals surface area (Å²) in [4.78, 5) is 15.2. The van der Waals surface area contributed by atoms with E-state index >= 15 is 0 Å². The van der Waals surface area contributed by atoms with E-state index in [4.69, 9.17) is 11.6 Å². The first kappa shape index (κ1) is 18.2. The fourth-order valence-corrected chi connectivity index (χ4v) is 3.98. The van der Waals surface area contributed by atoms with E-state index in [1.165, 1.54) is 11.3 Å². The smallest absolute Gasteiger partial charge is 0.167 e. The zero-order valence-electron chi connectivity index (χ0n) is 15.3. The van der Waals surface area contributed by atoms with Gasteiger partial charge in [-0.3, -0.25) is 14.4 Å². The van der Waals surface area contributed by atoms with Crippen molar-refractivity contribution in [3.63, 3.8) is 0 Å². The number of hydrogen-bond acceptors (Lipinski definition) is 3. The summed E-state index contributed by atoms with van der Waals surface area (Å²) >= 11 is 6.04. The van der Waals surface area contributed by atoms with Crippen LogP contribution in [0.4, 0.5) is 0 Å². The lowest BCUT2D eigenvalue weighted by Gasteiger charge is -2.32. The first-order valence-electron chi connectivity index (χ1n) is 9.04. The Hall–Kier alpha value is -1.65. The minimum atomic E-state index is 0.0500. The van der Waals surface area contributed by atoms with E-state index in [2.05, 4.69) is 35.5 Å². The maximum Gasteiger partial charge on any atom is 0.167 e. The largest absolute Gasteiger partial charge is 0.298 e. The Bertz CT molecular complexity index is 768. The van der Waals surface area contributed by atoms with Crippen LogP contribution in [0, 0.1) is 19.8 Å². The first-order chi connectivity index (χ1) is 12.0. The zero-order chi connectivity index (χ0) is 18.0. The summed E-state index contributed by atoms with van der Waals surface area (Å²) in [5.74, 6) is 0.263. The minimum absolute atomic E-state index is 0.0500. The number of carbonyl (C=O) groups excluding carboxylic acids is 1. The number of likely N-dealkylation sites (tertiary alicyclic amines) is 1. The lowest BCUT2D eigenvalue weighted by atomic mass is 9.89. The topological polar surface area (TPSA) is 38.1 Å². The third-order valence-corrected chi connectivity index (χ3v) is 5.43. The number of ketones is 1. The van der Waals surface area contributed by atoms with E-state index in [0.717, 1.165) is 50.3 Å². The molecule has 1 saturated heterocycles. The second-order valence-electron chi connectivity index (χ2n) is 6.91. The Balaban J connectivity index is 1.71. The average Bonchev–Trinajstić information content (AvgIpc) is 2.89. The van der Waals surface area contributed by atoms with Gasteiger partial charge in [0, 0.05) is 47.4 Å². The van der Waals surface area contributed by atoms with Gasteiger partial charge in [-0.15, -0.1) is 0 Å². The van der Waals surface area contributed by atoms with Crippen molar-refractivity contribution in [2.24, 2.45) is 5.92 Å². The number of hydrogen-bond donors (Lipinski definition) is 0. The molecular formula is C20H26ClN3O. The van der Waals surface area contributed by atoms with Crippen molar-refractivity contribution in [3.05, 3.63) is 51.8 Å². The van der Waals surface area contributed by atoms with Crippen LogP contribution in [0.1, 0.15) is 47.1 Å². The van der Waals surface area contributed by atoms with E-state index in [0.29, 0.717) is 5.02 Å². The van der Waals surface area contributed by atoms with E-state index in [1.54, 1.807) is 6.07 Å². The summed E-state index contributed by atoms with van der Waals surface area (Å²) in [5, 5.41) is 5.24. The van der Waals surface area contributed by atoms with Crippen LogP contribution in [0.25, 0.3) is 0 Å². The van der Waals surface area contributed by atoms with Gasteiger partial charge in [-0.2, -0.15) is 5.10 Å². The van der Waals surface area contributed by atoms with Crippen molar-refractivity contribution in [2.45, 2.75) is 46.7 Å². The fourth-order valence-electron chi connectivity index (χ4n) is 3.78. The van der Waals surface area contributed by atoms with Gasteiger partial charge in [-0.1, -0.05) is 23.7 Å². The molecule has 3 rings (SSSR count). The van der Waals surface area contributed by atoms with Crippen LogP contribution in [0.15, 0.2) is 24.3 Å². The van der Waals surface area contributed by atoms with E-state index < -0.39 is 0 Å². The van der Waals surface area contributed by atoms with E-state index in [1.807, 2.05) is 18.2 Å². The zero-order valence-corrected chi connectivity index (χ0v) is 16.0. The van der Waals surface area contributed by atoms with Gasteiger partial charge in [0.1, 0.15) is 0 Å². The Labute approximate surface area is 154 Å². The van der Waals surface area contributed by atoms with Crippen molar-refractivity contribution < 1.29 is 4.79 Å². The normalized spacial score (nSPS) is 18.5. The molecule has 0 radical (unpaired) electrons. The Morgan fingerprint density at radius 3 is 2.84 bits per heavy atom. The highest BCUT2D eigenvalue weighted by atomic mass is 35.5. The van der Waals surface area contributed by atoms with E-state index in [9.17, 15) is 4.79 Å². The predicted molar refractivity (Wildman–Crippen MR) is 101 cm³/mol. The SMILES string of the molecule is CCn1nc(C)c(CN2CCC[C@@H](C(=O)c3cccc(Cl)c3)C2)c1C. The summed E-state index contributed by atoms with van der Waals surface area (Å²) in [7, 11) is 0. The molecule has 0 saturated carbocycles. The molecule has 2 heterocycles. The number of aryl methyl sites for hydroxylation is 2. The summed E-state index contributed by atoms with van der Waals surface area (Å²) in [6.07, 6.45) is 2.00. The van der Waals surface area contributed by atoms with Gasteiger partial charge in [-0.25, -0.2) is 0 Å². The molecule has 1 aromatic carbocycles. The van der Waals surface area contributed by atoms with Crippen molar-refractivity contribution >= 4 is 17.4 Å².